The highest BCUT2D eigenvalue weighted by Crippen LogP contribution is 2.29. The van der Waals surface area contributed by atoms with E-state index in [0.29, 0.717) is 0 Å². The Bertz CT molecular complexity index is 786. The van der Waals surface area contributed by atoms with E-state index in [-0.39, 0.29) is 25.7 Å². The van der Waals surface area contributed by atoms with Crippen LogP contribution in [0.2, 0.25) is 10.0 Å². The Hall–Kier alpha value is -1.97. The quantitative estimate of drug-likeness (QED) is 0.281. The zero-order chi connectivity index (χ0) is 17.9. The number of halogens is 4. The number of nitrogens with zero attached hydrogens (tertiary/aromatic N) is 2. The lowest BCUT2D eigenvalue weighted by Gasteiger charge is -2.02. The van der Waals surface area contributed by atoms with Crippen LogP contribution in [-0.2, 0) is 14.3 Å². The molecule has 11 heteroatoms. The smallest absolute Gasteiger partial charge is 0.331 e. The molecule has 24 heavy (non-hydrogen) atoms. The highest BCUT2D eigenvalue weighted by Gasteiger charge is 2.25. The minimum atomic E-state index is -1.23. The zero-order valence-corrected chi connectivity index (χ0v) is 14.1. The number of thioether (sulfide) groups is 1. The van der Waals surface area contributed by atoms with Crippen LogP contribution in [0.4, 0.5) is 8.78 Å². The average Bonchev–Trinajstić information content (AvgIpc) is 2.88. The molecule has 0 unspecified atom stereocenters. The van der Waals surface area contributed by atoms with Crippen molar-refractivity contribution in [3.63, 3.8) is 0 Å². The highest BCUT2D eigenvalue weighted by atomic mass is 35.5. The second-order valence-electron chi connectivity index (χ2n) is 4.12. The van der Waals surface area contributed by atoms with Crippen LogP contribution >= 0.6 is 35.0 Å². The molecule has 0 aromatic heterocycles. The number of esters is 1. The van der Waals surface area contributed by atoms with Gasteiger partial charge in [-0.2, -0.15) is 5.10 Å². The maximum absolute atomic E-state index is 13.7. The molecule has 0 bridgehead atoms. The third-order valence-electron chi connectivity index (χ3n) is 2.58. The Balaban J connectivity index is 2.21. The van der Waals surface area contributed by atoms with Gasteiger partial charge in [-0.05, 0) is 17.8 Å². The van der Waals surface area contributed by atoms with E-state index in [1.54, 1.807) is 0 Å². The molecule has 1 fully saturated rings. The predicted octanol–water partition coefficient (Wildman–Crippen LogP) is 2.88. The number of hydrogen-bond donors (Lipinski definition) is 1. The van der Waals surface area contributed by atoms with Crippen molar-refractivity contribution in [2.75, 3.05) is 7.11 Å². The number of carbonyl (C=O) groups excluding carboxylic acids is 2. The van der Waals surface area contributed by atoms with Crippen LogP contribution in [0.5, 0.6) is 0 Å². The molecule has 0 saturated carbocycles. The number of rotatable bonds is 3. The summed E-state index contributed by atoms with van der Waals surface area (Å²) in [5, 5.41) is 9.11. The second-order valence-corrected chi connectivity index (χ2v) is 5.94. The van der Waals surface area contributed by atoms with Gasteiger partial charge >= 0.3 is 5.97 Å². The predicted molar refractivity (Wildman–Crippen MR) is 87.2 cm³/mol. The maximum Gasteiger partial charge on any atom is 0.331 e. The molecule has 2 rings (SSSR count). The lowest BCUT2D eigenvalue weighted by Crippen LogP contribution is -2.19. The summed E-state index contributed by atoms with van der Waals surface area (Å²) >= 11 is 12.2. The fourth-order valence-corrected chi connectivity index (χ4v) is 2.61. The number of hydrogen-bond acceptors (Lipinski definition) is 6. The lowest BCUT2D eigenvalue weighted by molar-refractivity contribution is -0.135. The molecule has 1 heterocycles. The fraction of sp³-hybridized carbons (Fsp3) is 0.0769. The molecule has 0 atom stereocenters. The van der Waals surface area contributed by atoms with Gasteiger partial charge in [0, 0.05) is 6.08 Å². The van der Waals surface area contributed by atoms with Crippen molar-refractivity contribution in [3.05, 3.63) is 44.3 Å². The number of methoxy groups -OCH3 is 1. The Morgan fingerprint density at radius 1 is 1.42 bits per heavy atom. The van der Waals surface area contributed by atoms with Crippen LogP contribution < -0.4 is 5.32 Å². The fourth-order valence-electron chi connectivity index (χ4n) is 1.49. The summed E-state index contributed by atoms with van der Waals surface area (Å²) in [6.45, 7) is 0. The van der Waals surface area contributed by atoms with Crippen molar-refractivity contribution in [1.29, 1.82) is 0 Å². The lowest BCUT2D eigenvalue weighted by atomic mass is 10.2. The van der Waals surface area contributed by atoms with E-state index < -0.39 is 23.5 Å². The van der Waals surface area contributed by atoms with E-state index in [1.807, 2.05) is 0 Å². The number of carbonyl (C=O) groups is 2. The minimum absolute atomic E-state index is 0.0328. The molecule has 0 aliphatic carbocycles. The van der Waals surface area contributed by atoms with Gasteiger partial charge in [0.05, 0.1) is 33.8 Å². The summed E-state index contributed by atoms with van der Waals surface area (Å²) in [7, 11) is 1.17. The molecule has 126 valence electrons. The molecule has 1 amide bonds. The van der Waals surface area contributed by atoms with E-state index in [9.17, 15) is 18.4 Å². The van der Waals surface area contributed by atoms with Crippen LogP contribution in [-0.4, -0.2) is 30.4 Å². The van der Waals surface area contributed by atoms with Crippen molar-refractivity contribution in [1.82, 2.24) is 5.32 Å². The first kappa shape index (κ1) is 18.4. The number of nitrogens with one attached hydrogen (secondary N) is 1. The largest absolute Gasteiger partial charge is 0.466 e. The van der Waals surface area contributed by atoms with Gasteiger partial charge in [-0.1, -0.05) is 23.2 Å². The van der Waals surface area contributed by atoms with Gasteiger partial charge < -0.3 is 4.74 Å². The zero-order valence-electron chi connectivity index (χ0n) is 11.8. The molecule has 1 N–H and O–H groups in total. The molecule has 1 aromatic carbocycles. The van der Waals surface area contributed by atoms with Gasteiger partial charge in [-0.3, -0.25) is 10.1 Å². The van der Waals surface area contributed by atoms with Crippen LogP contribution in [0.1, 0.15) is 5.56 Å². The standard InChI is InChI=1S/C13H7Cl2F2N3O3S/c1-23-9(21)3-8-12(22)19-13(24-8)20-18-4-5-10(15)6(14)2-7(16)11(5)17/h2-4H,1H3,(H,19,20,22)/b8-3+,18-4?. The number of ether oxygens (including phenoxy) is 1. The third-order valence-corrected chi connectivity index (χ3v) is 4.28. The first-order valence-corrected chi connectivity index (χ1v) is 7.63. The first-order valence-electron chi connectivity index (χ1n) is 6.06. The summed E-state index contributed by atoms with van der Waals surface area (Å²) in [6, 6.07) is 0.735. The van der Waals surface area contributed by atoms with Crippen LogP contribution in [0, 0.1) is 11.6 Å². The minimum Gasteiger partial charge on any atom is -0.466 e. The van der Waals surface area contributed by atoms with Crippen LogP contribution in [0.25, 0.3) is 0 Å². The second kappa shape index (κ2) is 7.73. The van der Waals surface area contributed by atoms with Gasteiger partial charge in [0.1, 0.15) is 0 Å². The van der Waals surface area contributed by atoms with Gasteiger partial charge in [-0.25, -0.2) is 13.6 Å². The maximum atomic E-state index is 13.7. The Labute approximate surface area is 148 Å². The van der Waals surface area contributed by atoms with E-state index in [0.717, 1.165) is 30.1 Å². The van der Waals surface area contributed by atoms with E-state index in [2.05, 4.69) is 20.3 Å². The summed E-state index contributed by atoms with van der Waals surface area (Å²) in [6.07, 6.45) is 1.84. The highest BCUT2D eigenvalue weighted by molar-refractivity contribution is 8.18. The molecular weight excluding hydrogens is 387 g/mol. The van der Waals surface area contributed by atoms with Crippen LogP contribution in [0.3, 0.4) is 0 Å². The van der Waals surface area contributed by atoms with E-state index >= 15 is 0 Å². The molecule has 1 saturated heterocycles. The monoisotopic (exact) mass is 393 g/mol. The molecule has 6 nitrogen and oxygen atoms in total. The number of amides is 1. The molecular formula is C13H7Cl2F2N3O3S. The Morgan fingerprint density at radius 3 is 2.79 bits per heavy atom. The summed E-state index contributed by atoms with van der Waals surface area (Å²) in [5.74, 6) is -3.70. The number of benzene rings is 1. The third kappa shape index (κ3) is 4.11. The van der Waals surface area contributed by atoms with Gasteiger partial charge in [0.15, 0.2) is 16.8 Å². The van der Waals surface area contributed by atoms with E-state index in [4.69, 9.17) is 23.2 Å². The molecule has 1 aliphatic rings. The molecule has 1 aromatic rings. The van der Waals surface area contributed by atoms with E-state index in [1.165, 1.54) is 7.11 Å². The van der Waals surface area contributed by atoms with Gasteiger partial charge in [0.25, 0.3) is 5.91 Å². The van der Waals surface area contributed by atoms with Crippen molar-refractivity contribution < 1.29 is 23.1 Å². The molecule has 1 aliphatic heterocycles. The van der Waals surface area contributed by atoms with Crippen LogP contribution in [0.15, 0.2) is 27.3 Å². The number of amidine groups is 1. The Morgan fingerprint density at radius 2 is 2.12 bits per heavy atom. The Kier molecular flexibility index (Phi) is 5.92. The normalized spacial score (nSPS) is 17.8. The van der Waals surface area contributed by atoms with Gasteiger partial charge in [-0.15, -0.1) is 5.10 Å². The summed E-state index contributed by atoms with van der Waals surface area (Å²) in [5.41, 5.74) is -0.384. The first-order chi connectivity index (χ1) is 11.3. The molecule has 0 radical (unpaired) electrons. The van der Waals surface area contributed by atoms with Crippen molar-refractivity contribution >= 4 is 58.2 Å². The summed E-state index contributed by atoms with van der Waals surface area (Å²) < 4.78 is 31.3. The van der Waals surface area contributed by atoms with Crippen molar-refractivity contribution in [2.45, 2.75) is 0 Å². The van der Waals surface area contributed by atoms with Crippen molar-refractivity contribution in [2.24, 2.45) is 10.2 Å². The summed E-state index contributed by atoms with van der Waals surface area (Å²) in [4.78, 5) is 22.7. The SMILES string of the molecule is COC(=O)/C=C1/S/C(=N\N=Cc2c(F)c(F)cc(Cl)c2Cl)NC1=O. The topological polar surface area (TPSA) is 80.1 Å². The van der Waals surface area contributed by atoms with Crippen molar-refractivity contribution in [3.8, 4) is 0 Å². The molecule has 0 spiro atoms. The average molecular weight is 394 g/mol. The van der Waals surface area contributed by atoms with Gasteiger partial charge in [0.2, 0.25) is 0 Å².